The van der Waals surface area contributed by atoms with Crippen molar-refractivity contribution >= 4 is 11.8 Å². The lowest BCUT2D eigenvalue weighted by Crippen LogP contribution is -2.28. The highest BCUT2D eigenvalue weighted by atomic mass is 16.2. The van der Waals surface area contributed by atoms with Crippen molar-refractivity contribution in [2.45, 2.75) is 33.6 Å². The summed E-state index contributed by atoms with van der Waals surface area (Å²) >= 11 is 0. The van der Waals surface area contributed by atoms with Gasteiger partial charge in [0, 0.05) is 13.1 Å². The molecule has 0 aliphatic carbocycles. The van der Waals surface area contributed by atoms with Gasteiger partial charge in [-0.15, -0.1) is 0 Å². The molecule has 0 aliphatic heterocycles. The van der Waals surface area contributed by atoms with Crippen LogP contribution in [0.2, 0.25) is 0 Å². The molecular formula is C19H40N4O2. The van der Waals surface area contributed by atoms with Gasteiger partial charge in [-0.25, -0.2) is 0 Å². The smallest absolute Gasteiger partial charge is 0.243 e. The maximum atomic E-state index is 10.8. The first-order chi connectivity index (χ1) is 11.8. The lowest BCUT2D eigenvalue weighted by atomic mass is 10.3. The van der Waals surface area contributed by atoms with E-state index in [4.69, 9.17) is 0 Å². The molecule has 0 aromatic rings. The second-order valence-electron chi connectivity index (χ2n) is 5.71. The van der Waals surface area contributed by atoms with Gasteiger partial charge >= 0.3 is 0 Å². The van der Waals surface area contributed by atoms with Crippen LogP contribution in [-0.4, -0.2) is 75.5 Å². The first-order valence-corrected chi connectivity index (χ1v) is 8.92. The van der Waals surface area contributed by atoms with Crippen LogP contribution in [0.1, 0.15) is 33.6 Å². The number of nitrogens with one attached hydrogen (secondary N) is 2. The van der Waals surface area contributed by atoms with E-state index in [2.05, 4.69) is 42.5 Å². The molecule has 25 heavy (non-hydrogen) atoms. The Kier molecular flexibility index (Phi) is 25.2. The van der Waals surface area contributed by atoms with E-state index in [1.54, 1.807) is 0 Å². The molecule has 6 nitrogen and oxygen atoms in total. The molecule has 2 amide bonds. The number of carbonyl (C=O) groups excluding carboxylic acids is 2. The summed E-state index contributed by atoms with van der Waals surface area (Å²) in [6.07, 6.45) is 4.55. The predicted octanol–water partition coefficient (Wildman–Crippen LogP) is 1.90. The Bertz CT molecular complexity index is 338. The van der Waals surface area contributed by atoms with Crippen molar-refractivity contribution in [3.05, 3.63) is 25.3 Å². The van der Waals surface area contributed by atoms with E-state index in [0.717, 1.165) is 45.6 Å². The minimum Gasteiger partial charge on any atom is -0.353 e. The molecule has 2 N–H and O–H groups in total. The highest BCUT2D eigenvalue weighted by molar-refractivity contribution is 5.87. The lowest BCUT2D eigenvalue weighted by molar-refractivity contribution is -0.117. The third-order valence-corrected chi connectivity index (χ3v) is 2.76. The molecule has 0 aliphatic rings. The van der Waals surface area contributed by atoms with Gasteiger partial charge in [-0.1, -0.05) is 33.9 Å². The molecule has 0 aromatic carbocycles. The minimum atomic E-state index is -0.0909. The van der Waals surface area contributed by atoms with Gasteiger partial charge in [0.2, 0.25) is 11.8 Å². The van der Waals surface area contributed by atoms with Crippen molar-refractivity contribution in [3.63, 3.8) is 0 Å². The summed E-state index contributed by atoms with van der Waals surface area (Å²) in [5.74, 6) is -0.175. The summed E-state index contributed by atoms with van der Waals surface area (Å²) in [6, 6.07) is 0. The number of amides is 2. The van der Waals surface area contributed by atoms with Gasteiger partial charge in [0.05, 0.1) is 0 Å². The quantitative estimate of drug-likeness (QED) is 0.463. The molecule has 0 saturated carbocycles. The highest BCUT2D eigenvalue weighted by Gasteiger charge is 1.98. The Morgan fingerprint density at radius 1 is 0.880 bits per heavy atom. The molecule has 0 aromatic heterocycles. The fraction of sp³-hybridized carbons (Fsp3) is 0.684. The van der Waals surface area contributed by atoms with Crippen LogP contribution < -0.4 is 10.6 Å². The zero-order valence-corrected chi connectivity index (χ0v) is 17.2. The molecule has 0 bridgehead atoms. The average molecular weight is 357 g/mol. The maximum Gasteiger partial charge on any atom is 0.243 e. The highest BCUT2D eigenvalue weighted by Crippen LogP contribution is 1.89. The average Bonchev–Trinajstić information content (AvgIpc) is 2.59. The van der Waals surface area contributed by atoms with Crippen molar-refractivity contribution in [1.29, 1.82) is 0 Å². The second kappa shape index (κ2) is 22.3. The number of rotatable bonds is 10. The standard InChI is InChI=1S/C10H20N2O.C6H11NO.C3H9N/c1-4-10(13)11-8-7-9-12(5-2)6-3;1-3-5-7-6(8)4-2;1-4(2)3/h4H,1,5-9H2,2-3H3,(H,11,13);4H,2-3,5H2,1H3,(H,7,8);1-3H3. The van der Waals surface area contributed by atoms with Gasteiger partial charge in [-0.05, 0) is 65.8 Å². The summed E-state index contributed by atoms with van der Waals surface area (Å²) < 4.78 is 0. The second-order valence-corrected chi connectivity index (χ2v) is 5.71. The van der Waals surface area contributed by atoms with Crippen LogP contribution in [0.15, 0.2) is 25.3 Å². The van der Waals surface area contributed by atoms with E-state index >= 15 is 0 Å². The van der Waals surface area contributed by atoms with Crippen molar-refractivity contribution in [1.82, 2.24) is 20.4 Å². The Balaban J connectivity index is -0.000000342. The fourth-order valence-electron chi connectivity index (χ4n) is 1.45. The van der Waals surface area contributed by atoms with Gasteiger partial charge in [0.15, 0.2) is 0 Å². The monoisotopic (exact) mass is 356 g/mol. The van der Waals surface area contributed by atoms with E-state index in [0.29, 0.717) is 0 Å². The largest absolute Gasteiger partial charge is 0.353 e. The van der Waals surface area contributed by atoms with Crippen LogP contribution in [0.5, 0.6) is 0 Å². The van der Waals surface area contributed by atoms with E-state index in [1.165, 1.54) is 12.2 Å². The van der Waals surface area contributed by atoms with E-state index in [-0.39, 0.29) is 11.8 Å². The Morgan fingerprint density at radius 2 is 1.28 bits per heavy atom. The molecular weight excluding hydrogens is 316 g/mol. The lowest BCUT2D eigenvalue weighted by Gasteiger charge is -2.17. The number of hydrogen-bond acceptors (Lipinski definition) is 4. The van der Waals surface area contributed by atoms with Crippen LogP contribution >= 0.6 is 0 Å². The fourth-order valence-corrected chi connectivity index (χ4v) is 1.45. The summed E-state index contributed by atoms with van der Waals surface area (Å²) in [5.41, 5.74) is 0. The number of nitrogens with zero attached hydrogens (tertiary/aromatic N) is 2. The van der Waals surface area contributed by atoms with Gasteiger partial charge in [-0.2, -0.15) is 0 Å². The number of carbonyl (C=O) groups is 2. The van der Waals surface area contributed by atoms with Crippen LogP contribution in [0.25, 0.3) is 0 Å². The first kappa shape index (κ1) is 28.2. The third kappa shape index (κ3) is 30.7. The van der Waals surface area contributed by atoms with Gasteiger partial charge < -0.3 is 20.4 Å². The number of hydrogen-bond donors (Lipinski definition) is 2. The van der Waals surface area contributed by atoms with Crippen LogP contribution in [-0.2, 0) is 9.59 Å². The van der Waals surface area contributed by atoms with Gasteiger partial charge in [0.25, 0.3) is 0 Å². The van der Waals surface area contributed by atoms with Crippen molar-refractivity contribution in [2.75, 3.05) is 53.9 Å². The van der Waals surface area contributed by atoms with Crippen molar-refractivity contribution < 1.29 is 9.59 Å². The zero-order chi connectivity index (χ0) is 20.1. The van der Waals surface area contributed by atoms with E-state index in [1.807, 2.05) is 33.0 Å². The maximum absolute atomic E-state index is 10.8. The molecule has 0 saturated heterocycles. The molecule has 0 atom stereocenters. The first-order valence-electron chi connectivity index (χ1n) is 8.92. The van der Waals surface area contributed by atoms with Gasteiger partial charge in [-0.3, -0.25) is 9.59 Å². The van der Waals surface area contributed by atoms with Crippen LogP contribution in [0, 0.1) is 0 Å². The van der Waals surface area contributed by atoms with Crippen LogP contribution in [0.3, 0.4) is 0 Å². The molecule has 148 valence electrons. The summed E-state index contributed by atoms with van der Waals surface area (Å²) in [6.45, 7) is 17.7. The predicted molar refractivity (Wildman–Crippen MR) is 109 cm³/mol. The van der Waals surface area contributed by atoms with Crippen molar-refractivity contribution in [3.8, 4) is 0 Å². The summed E-state index contributed by atoms with van der Waals surface area (Å²) in [5, 5.41) is 5.38. The Hall–Kier alpha value is -1.66. The molecule has 0 unspecified atom stereocenters. The summed E-state index contributed by atoms with van der Waals surface area (Å²) in [4.78, 5) is 25.4. The molecule has 0 fully saturated rings. The molecule has 0 radical (unpaired) electrons. The van der Waals surface area contributed by atoms with Crippen molar-refractivity contribution in [2.24, 2.45) is 0 Å². The zero-order valence-electron chi connectivity index (χ0n) is 17.2. The Morgan fingerprint density at radius 3 is 1.60 bits per heavy atom. The third-order valence-electron chi connectivity index (χ3n) is 2.76. The minimum absolute atomic E-state index is 0.0838. The van der Waals surface area contributed by atoms with Gasteiger partial charge in [0.1, 0.15) is 0 Å². The molecule has 0 heterocycles. The molecule has 0 spiro atoms. The normalized spacial score (nSPS) is 9.28. The Labute approximate surface area is 155 Å². The molecule has 6 heteroatoms. The van der Waals surface area contributed by atoms with E-state index in [9.17, 15) is 9.59 Å². The SMILES string of the molecule is C=CC(=O)NCCC.C=CC(=O)NCCCN(CC)CC.CN(C)C. The topological polar surface area (TPSA) is 64.7 Å². The summed E-state index contributed by atoms with van der Waals surface area (Å²) in [7, 11) is 6.00. The van der Waals surface area contributed by atoms with Crippen LogP contribution in [0.4, 0.5) is 0 Å². The van der Waals surface area contributed by atoms with E-state index < -0.39 is 0 Å². The molecule has 0 rings (SSSR count).